The van der Waals surface area contributed by atoms with E-state index in [4.69, 9.17) is 0 Å². The molecule has 0 bridgehead atoms. The van der Waals surface area contributed by atoms with Gasteiger partial charge in [-0.3, -0.25) is 4.79 Å². The van der Waals surface area contributed by atoms with Crippen LogP contribution in [0.1, 0.15) is 22.1 Å². The molecule has 0 radical (unpaired) electrons. The number of rotatable bonds is 5. The number of hydrogen-bond donors (Lipinski definition) is 2. The van der Waals surface area contributed by atoms with Crippen molar-refractivity contribution in [2.75, 3.05) is 6.61 Å². The molecule has 140 valence electrons. The predicted octanol–water partition coefficient (Wildman–Crippen LogP) is 2.89. The quantitative estimate of drug-likeness (QED) is 0.529. The summed E-state index contributed by atoms with van der Waals surface area (Å²) in [4.78, 5) is 12.3. The number of aliphatic hydroxyl groups excluding tert-OH is 1. The number of aromatic nitrogens is 2. The third-order valence-corrected chi connectivity index (χ3v) is 3.82. The summed E-state index contributed by atoms with van der Waals surface area (Å²) >= 11 is 0. The first-order valence-corrected chi connectivity index (χ1v) is 7.77. The Kier molecular flexibility index (Phi) is 5.22. The molecule has 3 aromatic rings. The van der Waals surface area contributed by atoms with Crippen LogP contribution in [-0.4, -0.2) is 27.4 Å². The monoisotopic (exact) mass is 379 g/mol. The summed E-state index contributed by atoms with van der Waals surface area (Å²) in [5.41, 5.74) is -0.145. The van der Waals surface area contributed by atoms with Crippen molar-refractivity contribution >= 4 is 5.91 Å². The Hall–Kier alpha value is -3.20. The molecule has 27 heavy (non-hydrogen) atoms. The Bertz CT molecular complexity index is 967. The number of carbonyl (C=O) groups is 1. The van der Waals surface area contributed by atoms with Crippen molar-refractivity contribution in [3.05, 3.63) is 83.2 Å². The van der Waals surface area contributed by atoms with Gasteiger partial charge in [-0.2, -0.15) is 5.10 Å². The average molecular weight is 379 g/mol. The second-order valence-electron chi connectivity index (χ2n) is 5.60. The molecule has 1 amide bonds. The third-order valence-electron chi connectivity index (χ3n) is 3.82. The fraction of sp³-hybridized carbons (Fsp3) is 0.111. The minimum Gasteiger partial charge on any atom is -0.394 e. The van der Waals surface area contributed by atoms with Crippen molar-refractivity contribution < 1.29 is 27.5 Å². The Morgan fingerprint density at radius 3 is 2.37 bits per heavy atom. The number of nitrogens with zero attached hydrogens (tertiary/aromatic N) is 2. The second kappa shape index (κ2) is 7.58. The second-order valence-corrected chi connectivity index (χ2v) is 5.60. The van der Waals surface area contributed by atoms with E-state index in [2.05, 4.69) is 10.4 Å². The van der Waals surface area contributed by atoms with Crippen LogP contribution >= 0.6 is 0 Å². The first-order chi connectivity index (χ1) is 12.9. The highest BCUT2D eigenvalue weighted by Crippen LogP contribution is 2.20. The molecule has 1 heterocycles. The summed E-state index contributed by atoms with van der Waals surface area (Å²) in [5, 5.41) is 15.7. The van der Waals surface area contributed by atoms with Gasteiger partial charge in [0.15, 0.2) is 23.1 Å². The first-order valence-electron chi connectivity index (χ1n) is 7.77. The van der Waals surface area contributed by atoms with Gasteiger partial charge in [0, 0.05) is 6.20 Å². The molecule has 9 heteroatoms. The minimum atomic E-state index is -1.65. The third kappa shape index (κ3) is 3.82. The normalized spacial score (nSPS) is 12.0. The van der Waals surface area contributed by atoms with E-state index in [1.165, 1.54) is 30.5 Å². The number of amides is 1. The maximum atomic E-state index is 13.8. The molecule has 3 rings (SSSR count). The van der Waals surface area contributed by atoms with E-state index in [1.54, 1.807) is 6.07 Å². The Balaban J connectivity index is 1.81. The van der Waals surface area contributed by atoms with E-state index in [0.29, 0.717) is 12.1 Å². The molecule has 2 aromatic carbocycles. The van der Waals surface area contributed by atoms with E-state index in [0.717, 1.165) is 4.68 Å². The van der Waals surface area contributed by atoms with Crippen LogP contribution in [0.25, 0.3) is 5.69 Å². The van der Waals surface area contributed by atoms with Gasteiger partial charge < -0.3 is 10.4 Å². The number of para-hydroxylation sites is 1. The Morgan fingerprint density at radius 2 is 1.74 bits per heavy atom. The molecule has 0 aliphatic rings. The predicted molar refractivity (Wildman–Crippen MR) is 87.1 cm³/mol. The molecule has 5 nitrogen and oxygen atoms in total. The number of hydrogen-bond acceptors (Lipinski definition) is 3. The van der Waals surface area contributed by atoms with Gasteiger partial charge in [0.05, 0.1) is 12.6 Å². The molecule has 0 saturated heterocycles. The molecule has 0 unspecified atom stereocenters. The lowest BCUT2D eigenvalue weighted by atomic mass is 10.1. The molecular weight excluding hydrogens is 366 g/mol. The molecular formula is C18H13F4N3O2. The van der Waals surface area contributed by atoms with Crippen molar-refractivity contribution in [3.8, 4) is 5.69 Å². The molecule has 0 aliphatic heterocycles. The SMILES string of the molecule is O=C(N[C@@H](CO)c1cc(F)c(F)c(F)c1)c1ccn(-c2ccccc2F)n1. The fourth-order valence-electron chi connectivity index (χ4n) is 2.46. The largest absolute Gasteiger partial charge is 0.394 e. The van der Waals surface area contributed by atoms with E-state index < -0.39 is 41.8 Å². The number of halogens is 4. The smallest absolute Gasteiger partial charge is 0.272 e. The summed E-state index contributed by atoms with van der Waals surface area (Å²) in [6, 6.07) is 7.26. The molecule has 0 saturated carbocycles. The van der Waals surface area contributed by atoms with Gasteiger partial charge in [0.25, 0.3) is 5.91 Å². The van der Waals surface area contributed by atoms with Crippen LogP contribution < -0.4 is 5.32 Å². The van der Waals surface area contributed by atoms with Crippen molar-refractivity contribution in [2.45, 2.75) is 6.04 Å². The van der Waals surface area contributed by atoms with Crippen LogP contribution in [0.5, 0.6) is 0 Å². The van der Waals surface area contributed by atoms with Crippen molar-refractivity contribution in [1.29, 1.82) is 0 Å². The number of carbonyl (C=O) groups excluding carboxylic acids is 1. The van der Waals surface area contributed by atoms with Gasteiger partial charge in [0.2, 0.25) is 0 Å². The fourth-order valence-corrected chi connectivity index (χ4v) is 2.46. The minimum absolute atomic E-state index is 0.111. The summed E-state index contributed by atoms with van der Waals surface area (Å²) in [6.45, 7) is -0.690. The van der Waals surface area contributed by atoms with Crippen LogP contribution in [0, 0.1) is 23.3 Å². The lowest BCUT2D eigenvalue weighted by molar-refractivity contribution is 0.0910. The summed E-state index contributed by atoms with van der Waals surface area (Å²) < 4.78 is 54.7. The lowest BCUT2D eigenvalue weighted by Crippen LogP contribution is -2.31. The molecule has 2 N–H and O–H groups in total. The van der Waals surface area contributed by atoms with Gasteiger partial charge in [-0.25, -0.2) is 22.2 Å². The number of benzene rings is 2. The van der Waals surface area contributed by atoms with Gasteiger partial charge in [0.1, 0.15) is 11.5 Å². The molecule has 0 fully saturated rings. The molecule has 1 atom stereocenters. The summed E-state index contributed by atoms with van der Waals surface area (Å²) in [5.74, 6) is -5.85. The van der Waals surface area contributed by atoms with Crippen LogP contribution in [0.3, 0.4) is 0 Å². The highest BCUT2D eigenvalue weighted by Gasteiger charge is 2.21. The van der Waals surface area contributed by atoms with Crippen molar-refractivity contribution in [1.82, 2.24) is 15.1 Å². The van der Waals surface area contributed by atoms with E-state index in [1.807, 2.05) is 0 Å². The zero-order valence-corrected chi connectivity index (χ0v) is 13.7. The van der Waals surface area contributed by atoms with E-state index in [9.17, 15) is 27.5 Å². The maximum Gasteiger partial charge on any atom is 0.272 e. The maximum absolute atomic E-state index is 13.8. The van der Waals surface area contributed by atoms with Crippen LogP contribution in [0.15, 0.2) is 48.7 Å². The average Bonchev–Trinajstić information content (AvgIpc) is 3.14. The number of aliphatic hydroxyl groups is 1. The van der Waals surface area contributed by atoms with E-state index in [-0.39, 0.29) is 16.9 Å². The Morgan fingerprint density at radius 1 is 1.07 bits per heavy atom. The highest BCUT2D eigenvalue weighted by atomic mass is 19.2. The lowest BCUT2D eigenvalue weighted by Gasteiger charge is -2.16. The van der Waals surface area contributed by atoms with E-state index >= 15 is 0 Å². The van der Waals surface area contributed by atoms with Crippen LogP contribution in [0.2, 0.25) is 0 Å². The standard InChI is InChI=1S/C18H13F4N3O2/c19-11-3-1-2-4-16(11)25-6-5-14(24-25)18(27)23-15(9-26)10-7-12(20)17(22)13(21)8-10/h1-8,15,26H,9H2,(H,23,27)/t15-/m0/s1. The van der Waals surface area contributed by atoms with Crippen LogP contribution in [0.4, 0.5) is 17.6 Å². The van der Waals surface area contributed by atoms with Gasteiger partial charge in [-0.15, -0.1) is 0 Å². The zero-order chi connectivity index (χ0) is 19.6. The number of nitrogens with one attached hydrogen (secondary N) is 1. The summed E-state index contributed by atoms with van der Waals surface area (Å²) in [6.07, 6.45) is 1.36. The van der Waals surface area contributed by atoms with Gasteiger partial charge in [-0.05, 0) is 35.9 Å². The first kappa shape index (κ1) is 18.6. The molecule has 0 aliphatic carbocycles. The van der Waals surface area contributed by atoms with Gasteiger partial charge in [-0.1, -0.05) is 12.1 Å². The topological polar surface area (TPSA) is 67.2 Å². The van der Waals surface area contributed by atoms with Crippen molar-refractivity contribution in [3.63, 3.8) is 0 Å². The zero-order valence-electron chi connectivity index (χ0n) is 13.7. The molecule has 0 spiro atoms. The highest BCUT2D eigenvalue weighted by molar-refractivity contribution is 5.92. The van der Waals surface area contributed by atoms with Crippen LogP contribution in [-0.2, 0) is 0 Å². The Labute approximate surface area is 150 Å². The molecule has 1 aromatic heterocycles. The summed E-state index contributed by atoms with van der Waals surface area (Å²) in [7, 11) is 0. The van der Waals surface area contributed by atoms with Gasteiger partial charge >= 0.3 is 0 Å². The van der Waals surface area contributed by atoms with Crippen molar-refractivity contribution in [2.24, 2.45) is 0 Å².